The number of amides is 1. The van der Waals surface area contributed by atoms with E-state index in [2.05, 4.69) is 15.3 Å². The molecule has 2 atom stereocenters. The molecule has 0 saturated heterocycles. The molecular formula is C22H33N3O9. The van der Waals surface area contributed by atoms with Gasteiger partial charge in [-0.15, -0.1) is 0 Å². The summed E-state index contributed by atoms with van der Waals surface area (Å²) in [5.74, 6) is -3.61. The maximum atomic E-state index is 12.2. The van der Waals surface area contributed by atoms with E-state index in [9.17, 15) is 29.1 Å². The van der Waals surface area contributed by atoms with Crippen molar-refractivity contribution in [1.29, 1.82) is 0 Å². The first kappa shape index (κ1) is 28.6. The quantitative estimate of drug-likeness (QED) is 0.216. The number of aliphatic carboxylic acids is 1. The normalized spacial score (nSPS) is 12.3. The second-order valence-electron chi connectivity index (χ2n) is 7.55. The summed E-state index contributed by atoms with van der Waals surface area (Å²) in [4.78, 5) is 65.7. The van der Waals surface area contributed by atoms with Gasteiger partial charge >= 0.3 is 23.9 Å². The maximum Gasteiger partial charge on any atom is 0.326 e. The van der Waals surface area contributed by atoms with Crippen molar-refractivity contribution in [3.63, 3.8) is 0 Å². The summed E-state index contributed by atoms with van der Waals surface area (Å²) in [6, 6.07) is -1.21. The van der Waals surface area contributed by atoms with Crippen LogP contribution in [0.15, 0.2) is 12.5 Å². The van der Waals surface area contributed by atoms with Crippen LogP contribution in [0.2, 0.25) is 0 Å². The fraction of sp³-hybridized carbons (Fsp3) is 0.636. The lowest BCUT2D eigenvalue weighted by molar-refractivity contribution is -0.167. The summed E-state index contributed by atoms with van der Waals surface area (Å²) in [7, 11) is 0. The lowest BCUT2D eigenvalue weighted by Gasteiger charge is -2.18. The van der Waals surface area contributed by atoms with Crippen molar-refractivity contribution < 1.29 is 43.3 Å². The van der Waals surface area contributed by atoms with Crippen molar-refractivity contribution in [2.75, 3.05) is 13.2 Å². The third kappa shape index (κ3) is 12.6. The van der Waals surface area contributed by atoms with E-state index < -0.39 is 41.9 Å². The number of ether oxygens (including phenoxy) is 3. The van der Waals surface area contributed by atoms with Gasteiger partial charge in [0.25, 0.3) is 0 Å². The van der Waals surface area contributed by atoms with Gasteiger partial charge in [0.2, 0.25) is 5.91 Å². The highest BCUT2D eigenvalue weighted by atomic mass is 16.6. The minimum atomic E-state index is -1.24. The summed E-state index contributed by atoms with van der Waals surface area (Å²) in [6.07, 6.45) is 3.67. The lowest BCUT2D eigenvalue weighted by Crippen LogP contribution is -2.42. The molecule has 0 radical (unpaired) electrons. The van der Waals surface area contributed by atoms with Gasteiger partial charge in [0, 0.05) is 31.9 Å². The van der Waals surface area contributed by atoms with E-state index in [0.717, 1.165) is 6.42 Å². The van der Waals surface area contributed by atoms with E-state index in [1.54, 1.807) is 0 Å². The predicted molar refractivity (Wildman–Crippen MR) is 117 cm³/mol. The average Bonchev–Trinajstić information content (AvgIpc) is 3.31. The summed E-state index contributed by atoms with van der Waals surface area (Å²) < 4.78 is 15.4. The Kier molecular flexibility index (Phi) is 13.6. The van der Waals surface area contributed by atoms with E-state index in [1.807, 2.05) is 13.8 Å². The van der Waals surface area contributed by atoms with Crippen molar-refractivity contribution in [3.05, 3.63) is 18.2 Å². The number of nitrogens with zero attached hydrogens (tertiary/aromatic N) is 1. The van der Waals surface area contributed by atoms with Gasteiger partial charge in [-0.25, -0.2) is 9.78 Å². The maximum absolute atomic E-state index is 12.2. The zero-order valence-corrected chi connectivity index (χ0v) is 19.5. The number of unbranched alkanes of at least 4 members (excludes halogenated alkanes) is 1. The number of esters is 3. The Balaban J connectivity index is 2.54. The van der Waals surface area contributed by atoms with Crippen molar-refractivity contribution in [2.24, 2.45) is 0 Å². The van der Waals surface area contributed by atoms with Crippen LogP contribution in [0.25, 0.3) is 0 Å². The van der Waals surface area contributed by atoms with E-state index in [4.69, 9.17) is 14.2 Å². The van der Waals surface area contributed by atoms with Gasteiger partial charge in [0.05, 0.1) is 18.4 Å². The van der Waals surface area contributed by atoms with Crippen LogP contribution in [0, 0.1) is 0 Å². The van der Waals surface area contributed by atoms with Gasteiger partial charge in [-0.3, -0.25) is 19.2 Å². The molecule has 1 amide bonds. The summed E-state index contributed by atoms with van der Waals surface area (Å²) in [5, 5.41) is 11.6. The average molecular weight is 484 g/mol. The SMILES string of the molecule is CCCCC(=O)OCC(COC(=O)CCC)OC(=O)CCC(=O)NC(Cc1c[nH]cn1)C(=O)O. The molecule has 34 heavy (non-hydrogen) atoms. The molecule has 0 aliphatic carbocycles. The molecule has 2 unspecified atom stereocenters. The van der Waals surface area contributed by atoms with Gasteiger partial charge in [-0.1, -0.05) is 20.3 Å². The molecule has 0 aliphatic heterocycles. The fourth-order valence-corrected chi connectivity index (χ4v) is 2.70. The summed E-state index contributed by atoms with van der Waals surface area (Å²) >= 11 is 0. The van der Waals surface area contributed by atoms with Crippen molar-refractivity contribution >= 4 is 29.8 Å². The van der Waals surface area contributed by atoms with Gasteiger partial charge in [0.15, 0.2) is 6.10 Å². The number of H-pyrrole nitrogens is 1. The number of carboxylic acids is 1. The molecule has 12 heteroatoms. The Hall–Kier alpha value is -3.44. The first-order valence-electron chi connectivity index (χ1n) is 11.3. The molecule has 190 valence electrons. The van der Waals surface area contributed by atoms with Gasteiger partial charge in [-0.2, -0.15) is 0 Å². The number of hydrogen-bond acceptors (Lipinski definition) is 9. The number of carbonyl (C=O) groups is 5. The Morgan fingerprint density at radius 2 is 1.65 bits per heavy atom. The molecule has 12 nitrogen and oxygen atoms in total. The molecule has 0 bridgehead atoms. The highest BCUT2D eigenvalue weighted by Crippen LogP contribution is 2.06. The number of aromatic nitrogens is 2. The van der Waals surface area contributed by atoms with Crippen LogP contribution in [0.1, 0.15) is 64.5 Å². The second kappa shape index (κ2) is 16.2. The van der Waals surface area contributed by atoms with E-state index in [1.165, 1.54) is 12.5 Å². The molecule has 0 spiro atoms. The molecule has 3 N–H and O–H groups in total. The first-order chi connectivity index (χ1) is 16.2. The number of aromatic amines is 1. The van der Waals surface area contributed by atoms with Crippen LogP contribution in [-0.2, 0) is 44.6 Å². The molecule has 0 aliphatic rings. The zero-order valence-electron chi connectivity index (χ0n) is 19.5. The smallest absolute Gasteiger partial charge is 0.326 e. The van der Waals surface area contributed by atoms with Crippen molar-refractivity contribution in [3.8, 4) is 0 Å². The van der Waals surface area contributed by atoms with E-state index in [0.29, 0.717) is 18.5 Å². The molecule has 1 heterocycles. The molecular weight excluding hydrogens is 450 g/mol. The number of carboxylic acid groups (broad SMARTS) is 1. The monoisotopic (exact) mass is 483 g/mol. The molecule has 1 aromatic heterocycles. The summed E-state index contributed by atoms with van der Waals surface area (Å²) in [6.45, 7) is 3.16. The molecule has 0 aromatic carbocycles. The highest BCUT2D eigenvalue weighted by Gasteiger charge is 2.23. The minimum Gasteiger partial charge on any atom is -0.480 e. The molecule has 0 saturated carbocycles. The topological polar surface area (TPSA) is 174 Å². The van der Waals surface area contributed by atoms with Gasteiger partial charge in [-0.05, 0) is 12.8 Å². The molecule has 1 rings (SSSR count). The third-order valence-corrected chi connectivity index (χ3v) is 4.50. The van der Waals surface area contributed by atoms with Crippen LogP contribution in [0.5, 0.6) is 0 Å². The fourth-order valence-electron chi connectivity index (χ4n) is 2.70. The molecule has 1 aromatic rings. The largest absolute Gasteiger partial charge is 0.480 e. The minimum absolute atomic E-state index is 0.0242. The van der Waals surface area contributed by atoms with Gasteiger partial charge < -0.3 is 29.6 Å². The van der Waals surface area contributed by atoms with Crippen LogP contribution in [0.3, 0.4) is 0 Å². The number of imidazole rings is 1. The van der Waals surface area contributed by atoms with Crippen molar-refractivity contribution in [2.45, 2.75) is 77.4 Å². The lowest BCUT2D eigenvalue weighted by atomic mass is 10.1. The van der Waals surface area contributed by atoms with Crippen LogP contribution >= 0.6 is 0 Å². The van der Waals surface area contributed by atoms with Crippen molar-refractivity contribution in [1.82, 2.24) is 15.3 Å². The Bertz CT molecular complexity index is 796. The number of rotatable bonds is 17. The Morgan fingerprint density at radius 3 is 2.21 bits per heavy atom. The first-order valence-corrected chi connectivity index (χ1v) is 11.3. The third-order valence-electron chi connectivity index (χ3n) is 4.50. The number of hydrogen-bond donors (Lipinski definition) is 3. The predicted octanol–water partition coefficient (Wildman–Crippen LogP) is 1.29. The zero-order chi connectivity index (χ0) is 25.3. The van der Waals surface area contributed by atoms with E-state index >= 15 is 0 Å². The Morgan fingerprint density at radius 1 is 0.971 bits per heavy atom. The van der Waals surface area contributed by atoms with Crippen LogP contribution < -0.4 is 5.32 Å². The van der Waals surface area contributed by atoms with Gasteiger partial charge in [0.1, 0.15) is 19.3 Å². The Labute approximate surface area is 197 Å². The number of nitrogens with one attached hydrogen (secondary N) is 2. The second-order valence-corrected chi connectivity index (χ2v) is 7.55. The molecule has 0 fully saturated rings. The summed E-state index contributed by atoms with van der Waals surface area (Å²) in [5.41, 5.74) is 0.459. The number of carbonyl (C=O) groups excluding carboxylic acids is 4. The van der Waals surface area contributed by atoms with Crippen LogP contribution in [0.4, 0.5) is 0 Å². The van der Waals surface area contributed by atoms with E-state index in [-0.39, 0.29) is 45.3 Å². The standard InChI is InChI=1S/C22H33N3O9/c1-3-5-7-20(28)33-13-16(12-32-19(27)6-4-2)34-21(29)9-8-18(26)25-17(22(30)31)10-15-11-23-14-24-15/h11,14,16-17H,3-10,12-13H2,1-2H3,(H,23,24)(H,25,26)(H,30,31). The highest BCUT2D eigenvalue weighted by molar-refractivity contribution is 5.86. The van der Waals surface area contributed by atoms with Crippen LogP contribution in [-0.4, -0.2) is 70.2 Å².